The third-order valence-corrected chi connectivity index (χ3v) is 3.79. The van der Waals surface area contributed by atoms with Crippen LogP contribution in [0.2, 0.25) is 0 Å². The Kier molecular flexibility index (Phi) is 4.27. The van der Waals surface area contributed by atoms with E-state index in [1.165, 1.54) is 6.07 Å². The summed E-state index contributed by atoms with van der Waals surface area (Å²) in [6, 6.07) is 6.53. The molecule has 3 N–H and O–H groups in total. The number of benzene rings is 1. The van der Waals surface area contributed by atoms with Crippen LogP contribution in [0, 0.1) is 0 Å². The van der Waals surface area contributed by atoms with Gasteiger partial charge in [0.1, 0.15) is 11.6 Å². The fourth-order valence-corrected chi connectivity index (χ4v) is 2.64. The summed E-state index contributed by atoms with van der Waals surface area (Å²) in [7, 11) is 0. The lowest BCUT2D eigenvalue weighted by Gasteiger charge is -2.24. The maximum absolute atomic E-state index is 12.0. The first-order chi connectivity index (χ1) is 11.1. The summed E-state index contributed by atoms with van der Waals surface area (Å²) < 4.78 is 7.46. The Morgan fingerprint density at radius 1 is 1.43 bits per heavy atom. The summed E-state index contributed by atoms with van der Waals surface area (Å²) in [6.45, 7) is 0.619. The van der Waals surface area contributed by atoms with E-state index in [9.17, 15) is 9.59 Å². The predicted octanol–water partition coefficient (Wildman–Crippen LogP) is 0.492. The van der Waals surface area contributed by atoms with Crippen molar-refractivity contribution in [2.75, 3.05) is 6.61 Å². The fraction of sp³-hybridized carbons (Fsp3) is 0.312. The summed E-state index contributed by atoms with van der Waals surface area (Å²) in [5.41, 5.74) is 5.56. The van der Waals surface area contributed by atoms with Crippen molar-refractivity contribution in [1.29, 1.82) is 0 Å². The number of rotatable bonds is 5. The van der Waals surface area contributed by atoms with Gasteiger partial charge in [0.2, 0.25) is 5.91 Å². The van der Waals surface area contributed by atoms with Gasteiger partial charge in [0.25, 0.3) is 5.91 Å². The first kappa shape index (κ1) is 15.1. The number of amides is 2. The highest BCUT2D eigenvalue weighted by Gasteiger charge is 2.20. The highest BCUT2D eigenvalue weighted by atomic mass is 16.5. The van der Waals surface area contributed by atoms with E-state index in [1.807, 2.05) is 10.8 Å². The number of hydrogen-bond acceptors (Lipinski definition) is 4. The monoisotopic (exact) mass is 314 g/mol. The number of nitrogens with zero attached hydrogens (tertiary/aromatic N) is 2. The van der Waals surface area contributed by atoms with Crippen LogP contribution in [0.25, 0.3) is 0 Å². The zero-order valence-corrected chi connectivity index (χ0v) is 12.6. The molecule has 2 amide bonds. The molecule has 0 fully saturated rings. The average molecular weight is 314 g/mol. The van der Waals surface area contributed by atoms with Gasteiger partial charge in [-0.25, -0.2) is 4.98 Å². The summed E-state index contributed by atoms with van der Waals surface area (Å²) in [5, 5.41) is 2.95. The van der Waals surface area contributed by atoms with Crippen molar-refractivity contribution < 1.29 is 14.3 Å². The van der Waals surface area contributed by atoms with Crippen LogP contribution in [0.3, 0.4) is 0 Å². The number of carbonyl (C=O) groups is 2. The second kappa shape index (κ2) is 6.51. The van der Waals surface area contributed by atoms with Crippen molar-refractivity contribution in [3.05, 3.63) is 48.0 Å². The second-order valence-corrected chi connectivity index (χ2v) is 5.48. The third kappa shape index (κ3) is 3.68. The summed E-state index contributed by atoms with van der Waals surface area (Å²) >= 11 is 0. The number of ether oxygens (including phenoxy) is 1. The lowest BCUT2D eigenvalue weighted by Crippen LogP contribution is -2.42. The molecular formula is C16H18N4O3. The predicted molar refractivity (Wildman–Crippen MR) is 82.9 cm³/mol. The van der Waals surface area contributed by atoms with Crippen molar-refractivity contribution >= 4 is 11.8 Å². The summed E-state index contributed by atoms with van der Waals surface area (Å²) in [5.74, 6) is 0.772. The Bertz CT molecular complexity index is 726. The molecule has 2 heterocycles. The largest absolute Gasteiger partial charge is 0.484 e. The van der Waals surface area contributed by atoms with Gasteiger partial charge in [-0.1, -0.05) is 6.07 Å². The molecule has 1 atom stereocenters. The van der Waals surface area contributed by atoms with Crippen LogP contribution in [-0.4, -0.2) is 34.0 Å². The number of nitrogens with two attached hydrogens (primary N) is 1. The molecule has 1 aromatic carbocycles. The van der Waals surface area contributed by atoms with E-state index in [4.69, 9.17) is 10.5 Å². The number of hydrogen-bond donors (Lipinski definition) is 2. The van der Waals surface area contributed by atoms with E-state index in [2.05, 4.69) is 10.3 Å². The molecule has 1 aliphatic heterocycles. The Balaban J connectivity index is 1.50. The number of aromatic nitrogens is 2. The highest BCUT2D eigenvalue weighted by Crippen LogP contribution is 2.14. The first-order valence-corrected chi connectivity index (χ1v) is 7.44. The minimum atomic E-state index is -0.529. The molecule has 0 bridgehead atoms. The minimum Gasteiger partial charge on any atom is -0.484 e. The molecular weight excluding hydrogens is 296 g/mol. The zero-order valence-electron chi connectivity index (χ0n) is 12.6. The van der Waals surface area contributed by atoms with E-state index in [-0.39, 0.29) is 18.6 Å². The van der Waals surface area contributed by atoms with E-state index in [0.29, 0.717) is 11.3 Å². The topological polar surface area (TPSA) is 99.2 Å². The average Bonchev–Trinajstić information content (AvgIpc) is 3.01. The van der Waals surface area contributed by atoms with E-state index in [0.717, 1.165) is 25.2 Å². The smallest absolute Gasteiger partial charge is 0.258 e. The lowest BCUT2D eigenvalue weighted by atomic mass is 10.1. The van der Waals surface area contributed by atoms with Crippen LogP contribution < -0.4 is 15.8 Å². The molecule has 2 aromatic rings. The van der Waals surface area contributed by atoms with Crippen LogP contribution in [0.5, 0.6) is 5.75 Å². The lowest BCUT2D eigenvalue weighted by molar-refractivity contribution is -0.124. The van der Waals surface area contributed by atoms with Crippen LogP contribution >= 0.6 is 0 Å². The van der Waals surface area contributed by atoms with Crippen LogP contribution in [0.4, 0.5) is 0 Å². The normalized spacial score (nSPS) is 16.4. The number of nitrogens with one attached hydrogen (secondary N) is 1. The van der Waals surface area contributed by atoms with Crippen molar-refractivity contribution in [3.8, 4) is 5.75 Å². The molecule has 0 radical (unpaired) electrons. The van der Waals surface area contributed by atoms with Gasteiger partial charge in [-0.05, 0) is 24.6 Å². The Morgan fingerprint density at radius 3 is 3.13 bits per heavy atom. The number of fused-ring (bicyclic) bond motifs is 1. The fourth-order valence-electron chi connectivity index (χ4n) is 2.64. The molecule has 7 nitrogen and oxygen atoms in total. The van der Waals surface area contributed by atoms with E-state index in [1.54, 1.807) is 24.4 Å². The zero-order chi connectivity index (χ0) is 16.2. The van der Waals surface area contributed by atoms with Gasteiger partial charge in [0, 0.05) is 37.0 Å². The molecule has 120 valence electrons. The van der Waals surface area contributed by atoms with Gasteiger partial charge in [-0.2, -0.15) is 0 Å². The Morgan fingerprint density at radius 2 is 2.30 bits per heavy atom. The maximum Gasteiger partial charge on any atom is 0.258 e. The number of aryl methyl sites for hydroxylation is 1. The molecule has 0 saturated heterocycles. The van der Waals surface area contributed by atoms with Crippen LogP contribution in [-0.2, 0) is 17.8 Å². The van der Waals surface area contributed by atoms with Crippen molar-refractivity contribution in [3.63, 3.8) is 0 Å². The number of primary amides is 1. The number of carbonyl (C=O) groups excluding carboxylic acids is 2. The Labute approximate surface area is 133 Å². The molecule has 0 saturated carbocycles. The molecule has 23 heavy (non-hydrogen) atoms. The quantitative estimate of drug-likeness (QED) is 0.839. The minimum absolute atomic E-state index is 0.0738. The molecule has 1 aliphatic rings. The molecule has 0 unspecified atom stereocenters. The third-order valence-electron chi connectivity index (χ3n) is 3.79. The molecule has 3 rings (SSSR count). The van der Waals surface area contributed by atoms with Gasteiger partial charge in [-0.3, -0.25) is 9.59 Å². The number of imidazole rings is 1. The maximum atomic E-state index is 12.0. The SMILES string of the molecule is NC(=O)c1cccc(OCC(=O)N[C@H]2CCc3nccn3C2)c1. The Hall–Kier alpha value is -2.83. The molecule has 7 heteroatoms. The second-order valence-electron chi connectivity index (χ2n) is 5.48. The van der Waals surface area contributed by atoms with Crippen molar-refractivity contribution in [2.24, 2.45) is 5.73 Å². The van der Waals surface area contributed by atoms with Crippen molar-refractivity contribution in [2.45, 2.75) is 25.4 Å². The van der Waals surface area contributed by atoms with E-state index < -0.39 is 5.91 Å². The van der Waals surface area contributed by atoms with Gasteiger partial charge in [0.05, 0.1) is 0 Å². The molecule has 0 aliphatic carbocycles. The van der Waals surface area contributed by atoms with Gasteiger partial charge in [-0.15, -0.1) is 0 Å². The highest BCUT2D eigenvalue weighted by molar-refractivity contribution is 5.93. The van der Waals surface area contributed by atoms with Crippen LogP contribution in [0.15, 0.2) is 36.7 Å². The molecule has 0 spiro atoms. The first-order valence-electron chi connectivity index (χ1n) is 7.44. The van der Waals surface area contributed by atoms with Gasteiger partial charge >= 0.3 is 0 Å². The van der Waals surface area contributed by atoms with Crippen LogP contribution in [0.1, 0.15) is 22.6 Å². The standard InChI is InChI=1S/C16H18N4O3/c17-16(22)11-2-1-3-13(8-11)23-10-15(21)19-12-4-5-14-18-6-7-20(14)9-12/h1-3,6-8,12H,4-5,9-10H2,(H2,17,22)(H,19,21)/t12-/m0/s1. The molecule has 1 aromatic heterocycles. The summed E-state index contributed by atoms with van der Waals surface area (Å²) in [6.07, 6.45) is 5.40. The van der Waals surface area contributed by atoms with Crippen molar-refractivity contribution in [1.82, 2.24) is 14.9 Å². The van der Waals surface area contributed by atoms with Gasteiger partial charge < -0.3 is 20.4 Å². The van der Waals surface area contributed by atoms with E-state index >= 15 is 0 Å². The summed E-state index contributed by atoms with van der Waals surface area (Å²) in [4.78, 5) is 27.4. The van der Waals surface area contributed by atoms with Gasteiger partial charge in [0.15, 0.2) is 6.61 Å².